The molecule has 0 unspecified atom stereocenters. The Morgan fingerprint density at radius 1 is 0.647 bits per heavy atom. The normalized spacial score (nSPS) is 11.2. The van der Waals surface area contributed by atoms with E-state index in [0.717, 1.165) is 74.1 Å². The summed E-state index contributed by atoms with van der Waals surface area (Å²) in [7, 11) is 0. The first kappa shape index (κ1) is 24.4. The summed E-state index contributed by atoms with van der Waals surface area (Å²) in [6, 6.07) is 11.1. The Balaban J connectivity index is 1.16. The number of rotatable bonds is 11. The summed E-state index contributed by atoms with van der Waals surface area (Å²) >= 11 is 6.70. The molecule has 2 N–H and O–H groups in total. The smallest absolute Gasteiger partial charge is 0.129 e. The van der Waals surface area contributed by atoms with Crippen molar-refractivity contribution in [2.24, 2.45) is 0 Å². The van der Waals surface area contributed by atoms with Crippen LogP contribution < -0.4 is 0 Å². The standard InChI is InChI=1S/C24H26Br2N6O2/c25-21-13-17(5-7-23(21)33)9-11-31-15-19(27-29-31)3-1-2-4-20-16-32(30-28-20)12-10-18-6-8-24(34)22(26)14-18/h5-8,13-16,33-34H,1-4,9-12H2. The van der Waals surface area contributed by atoms with Crippen molar-refractivity contribution < 1.29 is 10.2 Å². The third-order valence-electron chi connectivity index (χ3n) is 5.57. The lowest BCUT2D eigenvalue weighted by atomic mass is 10.1. The number of phenols is 2. The molecule has 0 saturated carbocycles. The second-order valence-electron chi connectivity index (χ2n) is 8.22. The summed E-state index contributed by atoms with van der Waals surface area (Å²) in [4.78, 5) is 0. The molecular formula is C24H26Br2N6O2. The average molecular weight is 590 g/mol. The molecule has 34 heavy (non-hydrogen) atoms. The van der Waals surface area contributed by atoms with Crippen LogP contribution in [0.3, 0.4) is 0 Å². The number of halogens is 2. The third kappa shape index (κ3) is 6.89. The van der Waals surface area contributed by atoms with E-state index in [1.807, 2.05) is 46.0 Å². The minimum atomic E-state index is 0.247. The molecule has 8 nitrogen and oxygen atoms in total. The topological polar surface area (TPSA) is 102 Å². The number of phenolic OH excluding ortho intramolecular Hbond substituents is 2. The molecule has 0 atom stereocenters. The van der Waals surface area contributed by atoms with Crippen molar-refractivity contribution in [3.05, 3.63) is 80.3 Å². The number of hydrogen-bond donors (Lipinski definition) is 2. The molecule has 0 aliphatic heterocycles. The van der Waals surface area contributed by atoms with Gasteiger partial charge in [-0.25, -0.2) is 0 Å². The van der Waals surface area contributed by atoms with Crippen LogP contribution in [0.15, 0.2) is 57.7 Å². The number of aromatic hydroxyl groups is 2. The first-order valence-electron chi connectivity index (χ1n) is 11.2. The number of hydrogen-bond acceptors (Lipinski definition) is 6. The van der Waals surface area contributed by atoms with Crippen molar-refractivity contribution in [2.75, 3.05) is 0 Å². The molecular weight excluding hydrogens is 564 g/mol. The molecule has 4 aromatic rings. The Bertz CT molecular complexity index is 1140. The van der Waals surface area contributed by atoms with Crippen LogP contribution in [0.1, 0.15) is 35.4 Å². The van der Waals surface area contributed by atoms with Gasteiger partial charge in [-0.15, -0.1) is 10.2 Å². The molecule has 0 bridgehead atoms. The van der Waals surface area contributed by atoms with Gasteiger partial charge in [0.05, 0.1) is 20.3 Å². The van der Waals surface area contributed by atoms with Gasteiger partial charge in [0.25, 0.3) is 0 Å². The first-order chi connectivity index (χ1) is 16.5. The van der Waals surface area contributed by atoms with Gasteiger partial charge in [0.2, 0.25) is 0 Å². The fourth-order valence-corrected chi connectivity index (χ4v) is 4.49. The minimum absolute atomic E-state index is 0.247. The van der Waals surface area contributed by atoms with E-state index in [2.05, 4.69) is 52.5 Å². The number of unbranched alkanes of at least 4 members (excludes halogenated alkanes) is 1. The Labute approximate surface area is 214 Å². The highest BCUT2D eigenvalue weighted by atomic mass is 79.9. The van der Waals surface area contributed by atoms with Crippen LogP contribution in [0, 0.1) is 0 Å². The second-order valence-corrected chi connectivity index (χ2v) is 9.93. The molecule has 0 saturated heterocycles. The van der Waals surface area contributed by atoms with Gasteiger partial charge in [0, 0.05) is 25.5 Å². The Kier molecular flexibility index (Phi) is 8.34. The number of nitrogens with zero attached hydrogens (tertiary/aromatic N) is 6. The van der Waals surface area contributed by atoms with Gasteiger partial charge >= 0.3 is 0 Å². The van der Waals surface area contributed by atoms with Crippen molar-refractivity contribution in [2.45, 2.75) is 51.6 Å². The molecule has 4 rings (SSSR count). The van der Waals surface area contributed by atoms with Gasteiger partial charge in [-0.1, -0.05) is 22.6 Å². The first-order valence-corrected chi connectivity index (χ1v) is 12.8. The predicted molar refractivity (Wildman–Crippen MR) is 136 cm³/mol. The summed E-state index contributed by atoms with van der Waals surface area (Å²) in [5.74, 6) is 0.494. The van der Waals surface area contributed by atoms with Crippen LogP contribution in [0.5, 0.6) is 11.5 Å². The molecule has 2 aromatic heterocycles. The number of aryl methyl sites for hydroxylation is 6. The molecule has 0 spiro atoms. The van der Waals surface area contributed by atoms with Crippen LogP contribution in [0.2, 0.25) is 0 Å². The lowest BCUT2D eigenvalue weighted by Gasteiger charge is -2.03. The van der Waals surface area contributed by atoms with Gasteiger partial charge in [-0.2, -0.15) is 0 Å². The summed E-state index contributed by atoms with van der Waals surface area (Å²) in [5.41, 5.74) is 4.25. The molecule has 0 radical (unpaired) electrons. The fraction of sp³-hybridized carbons (Fsp3) is 0.333. The molecule has 178 valence electrons. The monoisotopic (exact) mass is 588 g/mol. The molecule has 0 aliphatic rings. The zero-order valence-corrected chi connectivity index (χ0v) is 21.8. The molecule has 0 amide bonds. The van der Waals surface area contributed by atoms with E-state index >= 15 is 0 Å². The van der Waals surface area contributed by atoms with Crippen LogP contribution in [-0.4, -0.2) is 40.2 Å². The van der Waals surface area contributed by atoms with Crippen molar-refractivity contribution in [1.29, 1.82) is 0 Å². The molecule has 0 aliphatic carbocycles. The van der Waals surface area contributed by atoms with E-state index < -0.39 is 0 Å². The van der Waals surface area contributed by atoms with Gasteiger partial charge < -0.3 is 10.2 Å². The Hall–Kier alpha value is -2.72. The van der Waals surface area contributed by atoms with Crippen LogP contribution in [0.4, 0.5) is 0 Å². The fourth-order valence-electron chi connectivity index (χ4n) is 3.64. The van der Waals surface area contributed by atoms with Crippen LogP contribution in [0.25, 0.3) is 0 Å². The van der Waals surface area contributed by atoms with E-state index in [4.69, 9.17) is 0 Å². The molecule has 0 fully saturated rings. The Morgan fingerprint density at radius 2 is 1.09 bits per heavy atom. The number of benzene rings is 2. The van der Waals surface area contributed by atoms with E-state index in [9.17, 15) is 10.2 Å². The van der Waals surface area contributed by atoms with Crippen molar-refractivity contribution in [1.82, 2.24) is 30.0 Å². The highest BCUT2D eigenvalue weighted by molar-refractivity contribution is 9.10. The van der Waals surface area contributed by atoms with Crippen molar-refractivity contribution >= 4 is 31.9 Å². The van der Waals surface area contributed by atoms with E-state index in [-0.39, 0.29) is 11.5 Å². The predicted octanol–water partition coefficient (Wildman–Crippen LogP) is 4.86. The van der Waals surface area contributed by atoms with Crippen LogP contribution in [-0.2, 0) is 38.8 Å². The van der Waals surface area contributed by atoms with E-state index in [0.29, 0.717) is 8.95 Å². The summed E-state index contributed by atoms with van der Waals surface area (Å²) in [5, 5.41) is 36.2. The summed E-state index contributed by atoms with van der Waals surface area (Å²) in [6.45, 7) is 1.49. The van der Waals surface area contributed by atoms with Crippen LogP contribution >= 0.6 is 31.9 Å². The van der Waals surface area contributed by atoms with Gasteiger partial charge in [0.15, 0.2) is 0 Å². The Morgan fingerprint density at radius 3 is 1.50 bits per heavy atom. The molecule has 2 aromatic carbocycles. The van der Waals surface area contributed by atoms with E-state index in [1.165, 1.54) is 0 Å². The molecule has 2 heterocycles. The van der Waals surface area contributed by atoms with Crippen molar-refractivity contribution in [3.63, 3.8) is 0 Å². The summed E-state index contributed by atoms with van der Waals surface area (Å²) in [6.07, 6.45) is 9.45. The highest BCUT2D eigenvalue weighted by Gasteiger charge is 2.06. The minimum Gasteiger partial charge on any atom is -0.507 e. The van der Waals surface area contributed by atoms with Gasteiger partial charge in [-0.3, -0.25) is 9.36 Å². The van der Waals surface area contributed by atoms with Gasteiger partial charge in [0.1, 0.15) is 11.5 Å². The lowest BCUT2D eigenvalue weighted by molar-refractivity contribution is 0.471. The number of aromatic nitrogens is 6. The molecule has 10 heteroatoms. The zero-order valence-electron chi connectivity index (χ0n) is 18.6. The lowest BCUT2D eigenvalue weighted by Crippen LogP contribution is -2.02. The van der Waals surface area contributed by atoms with Gasteiger partial charge in [-0.05, 0) is 106 Å². The van der Waals surface area contributed by atoms with Crippen molar-refractivity contribution in [3.8, 4) is 11.5 Å². The third-order valence-corrected chi connectivity index (χ3v) is 6.84. The SMILES string of the molecule is Oc1ccc(CCn2cc(CCCCc3cn(CCc4ccc(O)c(Br)c4)nn3)nn2)cc1Br. The average Bonchev–Trinajstić information content (AvgIpc) is 3.48. The summed E-state index contributed by atoms with van der Waals surface area (Å²) < 4.78 is 5.15. The quantitative estimate of drug-likeness (QED) is 0.242. The second kappa shape index (κ2) is 11.6. The maximum absolute atomic E-state index is 9.60. The maximum Gasteiger partial charge on any atom is 0.129 e. The zero-order chi connectivity index (χ0) is 23.9. The van der Waals surface area contributed by atoms with E-state index in [1.54, 1.807) is 12.1 Å². The maximum atomic E-state index is 9.60. The largest absolute Gasteiger partial charge is 0.507 e. The highest BCUT2D eigenvalue weighted by Crippen LogP contribution is 2.25.